The van der Waals surface area contributed by atoms with E-state index in [2.05, 4.69) is 15.4 Å². The average molecular weight is 398 g/mol. The first-order valence-corrected chi connectivity index (χ1v) is 9.92. The van der Waals surface area contributed by atoms with Crippen molar-refractivity contribution in [3.8, 4) is 11.5 Å². The molecule has 1 atom stereocenters. The standard InChI is InChI=1S/C21H26N4O4/c1-13-18(20(26)29-14-7-5-4-6-8-14)19(25-21(24-13)22-12-23-25)16-10-9-15(27-2)11-17(16)28-3/h9-12,14,19H,4-8H2,1-3H3,(H,22,23,24)/t19-/m1/s1. The van der Waals surface area contributed by atoms with Crippen LogP contribution in [0.2, 0.25) is 0 Å². The molecule has 0 unspecified atom stereocenters. The highest BCUT2D eigenvalue weighted by molar-refractivity contribution is 5.92. The van der Waals surface area contributed by atoms with Gasteiger partial charge in [0, 0.05) is 17.3 Å². The van der Waals surface area contributed by atoms with Crippen molar-refractivity contribution in [2.24, 2.45) is 0 Å². The van der Waals surface area contributed by atoms with Crippen molar-refractivity contribution in [2.75, 3.05) is 19.5 Å². The van der Waals surface area contributed by atoms with Gasteiger partial charge in [-0.05, 0) is 44.7 Å². The maximum absolute atomic E-state index is 13.3. The molecule has 0 radical (unpaired) electrons. The zero-order valence-corrected chi connectivity index (χ0v) is 17.0. The number of fused-ring (bicyclic) bond motifs is 1. The Morgan fingerprint density at radius 1 is 1.17 bits per heavy atom. The number of methoxy groups -OCH3 is 2. The third-order valence-corrected chi connectivity index (χ3v) is 5.58. The van der Waals surface area contributed by atoms with Crippen molar-refractivity contribution < 1.29 is 19.0 Å². The van der Waals surface area contributed by atoms with E-state index in [1.807, 2.05) is 19.1 Å². The number of benzene rings is 1. The van der Waals surface area contributed by atoms with Gasteiger partial charge in [-0.25, -0.2) is 9.48 Å². The number of hydrogen-bond acceptors (Lipinski definition) is 7. The third kappa shape index (κ3) is 3.66. The predicted octanol–water partition coefficient (Wildman–Crippen LogP) is 3.46. The van der Waals surface area contributed by atoms with Crippen molar-refractivity contribution in [3.63, 3.8) is 0 Å². The monoisotopic (exact) mass is 398 g/mol. The van der Waals surface area contributed by atoms with Crippen molar-refractivity contribution in [1.29, 1.82) is 0 Å². The fourth-order valence-corrected chi connectivity index (χ4v) is 4.09. The number of nitrogens with zero attached hydrogens (tertiary/aromatic N) is 3. The summed E-state index contributed by atoms with van der Waals surface area (Å²) in [6.07, 6.45) is 6.65. The fraction of sp³-hybridized carbons (Fsp3) is 0.476. The second-order valence-electron chi connectivity index (χ2n) is 7.37. The Hall–Kier alpha value is -3.03. The van der Waals surface area contributed by atoms with Gasteiger partial charge in [-0.15, -0.1) is 0 Å². The molecule has 1 aromatic carbocycles. The number of nitrogens with one attached hydrogen (secondary N) is 1. The van der Waals surface area contributed by atoms with Gasteiger partial charge in [0.1, 0.15) is 30.0 Å². The van der Waals surface area contributed by atoms with Crippen molar-refractivity contribution in [2.45, 2.75) is 51.2 Å². The van der Waals surface area contributed by atoms with Crippen LogP contribution in [-0.2, 0) is 9.53 Å². The van der Waals surface area contributed by atoms with Gasteiger partial charge in [0.15, 0.2) is 0 Å². The normalized spacial score (nSPS) is 19.3. The number of hydrogen-bond donors (Lipinski definition) is 1. The number of anilines is 1. The Bertz CT molecular complexity index is 931. The van der Waals surface area contributed by atoms with E-state index in [-0.39, 0.29) is 12.1 Å². The van der Waals surface area contributed by atoms with Crippen LogP contribution < -0.4 is 14.8 Å². The molecule has 154 valence electrons. The van der Waals surface area contributed by atoms with Crippen molar-refractivity contribution in [1.82, 2.24) is 14.8 Å². The van der Waals surface area contributed by atoms with Crippen LogP contribution in [0, 0.1) is 0 Å². The van der Waals surface area contributed by atoms with Crippen LogP contribution in [0.1, 0.15) is 50.6 Å². The molecule has 0 bridgehead atoms. The lowest BCUT2D eigenvalue weighted by Gasteiger charge is -2.30. The molecule has 8 heteroatoms. The number of esters is 1. The Kier molecular flexibility index (Phi) is 5.42. The minimum Gasteiger partial charge on any atom is -0.497 e. The molecule has 8 nitrogen and oxygen atoms in total. The Morgan fingerprint density at radius 3 is 2.69 bits per heavy atom. The van der Waals surface area contributed by atoms with Crippen LogP contribution in [0.3, 0.4) is 0 Å². The largest absolute Gasteiger partial charge is 0.497 e. The lowest BCUT2D eigenvalue weighted by Crippen LogP contribution is -2.32. The molecule has 0 spiro atoms. The van der Waals surface area contributed by atoms with Crippen LogP contribution in [0.25, 0.3) is 0 Å². The highest BCUT2D eigenvalue weighted by Crippen LogP contribution is 2.40. The van der Waals surface area contributed by atoms with Gasteiger partial charge in [-0.3, -0.25) is 0 Å². The topological polar surface area (TPSA) is 87.5 Å². The van der Waals surface area contributed by atoms with Crippen molar-refractivity contribution in [3.05, 3.63) is 41.4 Å². The summed E-state index contributed by atoms with van der Waals surface area (Å²) >= 11 is 0. The van der Waals surface area contributed by atoms with Crippen LogP contribution in [-0.4, -0.2) is 41.1 Å². The number of aromatic nitrogens is 3. The third-order valence-electron chi connectivity index (χ3n) is 5.58. The molecule has 4 rings (SSSR count). The molecule has 1 aromatic heterocycles. The molecule has 29 heavy (non-hydrogen) atoms. The average Bonchev–Trinajstić information content (AvgIpc) is 3.21. The first-order valence-electron chi connectivity index (χ1n) is 9.92. The smallest absolute Gasteiger partial charge is 0.338 e. The van der Waals surface area contributed by atoms with E-state index in [1.54, 1.807) is 25.0 Å². The molecule has 2 aliphatic rings. The maximum Gasteiger partial charge on any atom is 0.338 e. The molecular formula is C21H26N4O4. The Labute approximate surface area is 169 Å². The van der Waals surface area contributed by atoms with Gasteiger partial charge in [0.2, 0.25) is 5.95 Å². The second-order valence-corrected chi connectivity index (χ2v) is 7.37. The zero-order chi connectivity index (χ0) is 20.4. The van der Waals surface area contributed by atoms with E-state index in [9.17, 15) is 4.79 Å². The molecule has 2 heterocycles. The molecular weight excluding hydrogens is 372 g/mol. The molecule has 1 aliphatic heterocycles. The highest BCUT2D eigenvalue weighted by Gasteiger charge is 2.37. The van der Waals surface area contributed by atoms with E-state index in [0.29, 0.717) is 28.7 Å². The summed E-state index contributed by atoms with van der Waals surface area (Å²) in [4.78, 5) is 17.5. The summed E-state index contributed by atoms with van der Waals surface area (Å²) in [5.41, 5.74) is 2.00. The van der Waals surface area contributed by atoms with Crippen LogP contribution >= 0.6 is 0 Å². The molecule has 2 aromatic rings. The first-order chi connectivity index (χ1) is 14.1. The number of carbonyl (C=O) groups excluding carboxylic acids is 1. The second kappa shape index (κ2) is 8.14. The number of carbonyl (C=O) groups is 1. The van der Waals surface area contributed by atoms with Crippen LogP contribution in [0.5, 0.6) is 11.5 Å². The van der Waals surface area contributed by atoms with E-state index < -0.39 is 6.04 Å². The summed E-state index contributed by atoms with van der Waals surface area (Å²) < 4.78 is 18.5. The van der Waals surface area contributed by atoms with Gasteiger partial charge < -0.3 is 19.5 Å². The van der Waals surface area contributed by atoms with Gasteiger partial charge in [-0.1, -0.05) is 6.42 Å². The molecule has 1 fully saturated rings. The van der Waals surface area contributed by atoms with E-state index in [4.69, 9.17) is 14.2 Å². The summed E-state index contributed by atoms with van der Waals surface area (Å²) in [6, 6.07) is 5.02. The number of ether oxygens (including phenoxy) is 3. The summed E-state index contributed by atoms with van der Waals surface area (Å²) in [6.45, 7) is 1.86. The number of allylic oxidation sites excluding steroid dienone is 1. The Balaban J connectivity index is 1.75. The predicted molar refractivity (Wildman–Crippen MR) is 107 cm³/mol. The Morgan fingerprint density at radius 2 is 1.97 bits per heavy atom. The SMILES string of the molecule is COc1ccc([C@@H]2C(C(=O)OC3CCCCC3)=C(C)Nc3ncnn32)c(OC)c1. The molecule has 0 saturated heterocycles. The fourth-order valence-electron chi connectivity index (χ4n) is 4.09. The highest BCUT2D eigenvalue weighted by atomic mass is 16.5. The van der Waals surface area contributed by atoms with Gasteiger partial charge in [0.25, 0.3) is 0 Å². The molecule has 1 N–H and O–H groups in total. The maximum atomic E-state index is 13.3. The van der Waals surface area contributed by atoms with Crippen molar-refractivity contribution >= 4 is 11.9 Å². The molecule has 1 aliphatic carbocycles. The molecule has 0 amide bonds. The minimum absolute atomic E-state index is 0.0351. The van der Waals surface area contributed by atoms with E-state index in [0.717, 1.165) is 31.2 Å². The van der Waals surface area contributed by atoms with Gasteiger partial charge >= 0.3 is 5.97 Å². The van der Waals surface area contributed by atoms with Crippen LogP contribution in [0.4, 0.5) is 5.95 Å². The summed E-state index contributed by atoms with van der Waals surface area (Å²) in [5, 5.41) is 7.53. The van der Waals surface area contributed by atoms with E-state index in [1.165, 1.54) is 12.7 Å². The summed E-state index contributed by atoms with van der Waals surface area (Å²) in [7, 11) is 3.20. The lowest BCUT2D eigenvalue weighted by molar-refractivity contribution is -0.146. The van der Waals surface area contributed by atoms with Gasteiger partial charge in [0.05, 0.1) is 19.8 Å². The van der Waals surface area contributed by atoms with Crippen LogP contribution in [0.15, 0.2) is 35.8 Å². The first kappa shape index (κ1) is 19.3. The lowest BCUT2D eigenvalue weighted by atomic mass is 9.94. The molecule has 1 saturated carbocycles. The summed E-state index contributed by atoms with van der Waals surface area (Å²) in [5.74, 6) is 1.52. The van der Waals surface area contributed by atoms with Gasteiger partial charge in [-0.2, -0.15) is 10.1 Å². The minimum atomic E-state index is -0.509. The quantitative estimate of drug-likeness (QED) is 0.772. The zero-order valence-electron chi connectivity index (χ0n) is 17.0. The number of rotatable bonds is 5. The van der Waals surface area contributed by atoms with E-state index >= 15 is 0 Å².